The zero-order valence-corrected chi connectivity index (χ0v) is 14.3. The molecule has 0 aliphatic carbocycles. The lowest BCUT2D eigenvalue weighted by Crippen LogP contribution is -2.35. The number of rotatable bonds is 4. The van der Waals surface area contributed by atoms with E-state index in [2.05, 4.69) is 12.2 Å². The van der Waals surface area contributed by atoms with Gasteiger partial charge in [0.2, 0.25) is 5.91 Å². The molecule has 4 heteroatoms. The van der Waals surface area contributed by atoms with Gasteiger partial charge in [-0.05, 0) is 55.2 Å². The van der Waals surface area contributed by atoms with Gasteiger partial charge in [-0.1, -0.05) is 31.2 Å². The summed E-state index contributed by atoms with van der Waals surface area (Å²) in [5, 5.41) is 3.19. The highest BCUT2D eigenvalue weighted by Crippen LogP contribution is 2.28. The molecule has 2 aromatic rings. The van der Waals surface area contributed by atoms with Crippen molar-refractivity contribution in [1.82, 2.24) is 0 Å². The third kappa shape index (κ3) is 3.04. The van der Waals surface area contributed by atoms with Crippen LogP contribution in [0.25, 0.3) is 0 Å². The zero-order valence-electron chi connectivity index (χ0n) is 14.3. The first kappa shape index (κ1) is 16.2. The Morgan fingerprint density at radius 3 is 2.46 bits per heavy atom. The lowest BCUT2D eigenvalue weighted by molar-refractivity contribution is -0.121. The van der Waals surface area contributed by atoms with Crippen molar-refractivity contribution in [2.75, 3.05) is 10.2 Å². The number of carbonyl (C=O) groups excluding carboxylic acids is 2. The van der Waals surface area contributed by atoms with E-state index in [-0.39, 0.29) is 18.2 Å². The molecule has 1 heterocycles. The largest absolute Gasteiger partial charge is 0.373 e. The summed E-state index contributed by atoms with van der Waals surface area (Å²) in [5.74, 6) is -0.343. The summed E-state index contributed by atoms with van der Waals surface area (Å²) < 4.78 is 0. The Bertz CT molecular complexity index is 781. The smallest absolute Gasteiger partial charge is 0.256 e. The minimum Gasteiger partial charge on any atom is -0.373 e. The third-order valence-corrected chi connectivity index (χ3v) is 4.46. The highest BCUT2D eigenvalue weighted by molar-refractivity contribution is 6.23. The van der Waals surface area contributed by atoms with E-state index >= 15 is 0 Å². The molecule has 124 valence electrons. The van der Waals surface area contributed by atoms with Crippen molar-refractivity contribution >= 4 is 23.2 Å². The summed E-state index contributed by atoms with van der Waals surface area (Å²) >= 11 is 0. The number of amides is 2. The minimum absolute atomic E-state index is 0.156. The van der Waals surface area contributed by atoms with E-state index in [9.17, 15) is 9.59 Å². The molecule has 1 saturated heterocycles. The van der Waals surface area contributed by atoms with Crippen molar-refractivity contribution in [3.05, 3.63) is 59.2 Å². The van der Waals surface area contributed by atoms with Crippen LogP contribution in [0.3, 0.4) is 0 Å². The predicted octanol–water partition coefficient (Wildman–Crippen LogP) is 3.61. The molecule has 2 amide bonds. The first-order valence-electron chi connectivity index (χ1n) is 8.29. The van der Waals surface area contributed by atoms with E-state index in [1.54, 1.807) is 0 Å². The number of imide groups is 1. The lowest BCUT2D eigenvalue weighted by Gasteiger charge is -2.18. The van der Waals surface area contributed by atoms with Crippen molar-refractivity contribution in [2.45, 2.75) is 39.7 Å². The van der Waals surface area contributed by atoms with Gasteiger partial charge in [-0.25, -0.2) is 4.90 Å². The fourth-order valence-electron chi connectivity index (χ4n) is 3.00. The van der Waals surface area contributed by atoms with Crippen LogP contribution >= 0.6 is 0 Å². The number of aryl methyl sites for hydroxylation is 3. The monoisotopic (exact) mass is 322 g/mol. The SMILES string of the molecule is CCc1ccc(N[C@@H]2CC(=O)N(c3cc(C)ccc3C)C2=O)cc1. The van der Waals surface area contributed by atoms with Crippen LogP contribution < -0.4 is 10.2 Å². The fourth-order valence-corrected chi connectivity index (χ4v) is 3.00. The van der Waals surface area contributed by atoms with Crippen molar-refractivity contribution in [3.8, 4) is 0 Å². The van der Waals surface area contributed by atoms with Gasteiger partial charge in [0, 0.05) is 5.69 Å². The van der Waals surface area contributed by atoms with Crippen LogP contribution in [0.2, 0.25) is 0 Å². The molecule has 0 aromatic heterocycles. The van der Waals surface area contributed by atoms with Crippen LogP contribution in [0, 0.1) is 13.8 Å². The van der Waals surface area contributed by atoms with E-state index in [0.717, 1.165) is 23.2 Å². The molecule has 1 fully saturated rings. The average Bonchev–Trinajstić information content (AvgIpc) is 2.84. The van der Waals surface area contributed by atoms with Crippen molar-refractivity contribution in [3.63, 3.8) is 0 Å². The van der Waals surface area contributed by atoms with Gasteiger partial charge in [0.25, 0.3) is 5.91 Å². The van der Waals surface area contributed by atoms with E-state index in [4.69, 9.17) is 0 Å². The van der Waals surface area contributed by atoms with E-state index < -0.39 is 6.04 Å². The van der Waals surface area contributed by atoms with Gasteiger partial charge >= 0.3 is 0 Å². The van der Waals surface area contributed by atoms with E-state index in [1.165, 1.54) is 10.5 Å². The topological polar surface area (TPSA) is 49.4 Å². The Balaban J connectivity index is 1.82. The Hall–Kier alpha value is -2.62. The molecular weight excluding hydrogens is 300 g/mol. The third-order valence-electron chi connectivity index (χ3n) is 4.46. The number of hydrogen-bond acceptors (Lipinski definition) is 3. The number of anilines is 2. The van der Waals surface area contributed by atoms with Gasteiger partial charge in [-0.15, -0.1) is 0 Å². The van der Waals surface area contributed by atoms with Gasteiger partial charge < -0.3 is 5.32 Å². The summed E-state index contributed by atoms with van der Waals surface area (Å²) in [6.45, 7) is 5.97. The average molecular weight is 322 g/mol. The molecule has 3 rings (SSSR count). The maximum atomic E-state index is 12.7. The first-order valence-corrected chi connectivity index (χ1v) is 8.29. The van der Waals surface area contributed by atoms with Crippen molar-refractivity contribution in [2.24, 2.45) is 0 Å². The second-order valence-electron chi connectivity index (χ2n) is 6.31. The van der Waals surface area contributed by atoms with Gasteiger partial charge in [0.05, 0.1) is 12.1 Å². The minimum atomic E-state index is -0.509. The summed E-state index contributed by atoms with van der Waals surface area (Å²) in [6.07, 6.45) is 1.16. The van der Waals surface area contributed by atoms with Gasteiger partial charge in [-0.2, -0.15) is 0 Å². The van der Waals surface area contributed by atoms with Crippen LogP contribution in [-0.2, 0) is 16.0 Å². The summed E-state index contributed by atoms with van der Waals surface area (Å²) in [6, 6.07) is 13.3. The molecule has 1 aliphatic heterocycles. The second-order valence-corrected chi connectivity index (χ2v) is 6.31. The summed E-state index contributed by atoms with van der Waals surface area (Å²) in [7, 11) is 0. The quantitative estimate of drug-likeness (QED) is 0.875. The highest BCUT2D eigenvalue weighted by atomic mass is 16.2. The molecule has 24 heavy (non-hydrogen) atoms. The lowest BCUT2D eigenvalue weighted by atomic mass is 10.1. The molecule has 1 aliphatic rings. The zero-order chi connectivity index (χ0) is 17.3. The van der Waals surface area contributed by atoms with Crippen molar-refractivity contribution < 1.29 is 9.59 Å². The van der Waals surface area contributed by atoms with Crippen LogP contribution in [0.5, 0.6) is 0 Å². The Kier molecular flexibility index (Phi) is 4.38. The highest BCUT2D eigenvalue weighted by Gasteiger charge is 2.40. The van der Waals surface area contributed by atoms with Gasteiger partial charge in [0.1, 0.15) is 6.04 Å². The molecule has 0 saturated carbocycles. The number of nitrogens with one attached hydrogen (secondary N) is 1. The maximum absolute atomic E-state index is 12.7. The molecule has 0 radical (unpaired) electrons. The standard InChI is InChI=1S/C20H22N2O2/c1-4-15-7-9-16(10-8-15)21-17-12-19(23)22(20(17)24)18-11-13(2)5-6-14(18)3/h5-11,17,21H,4,12H2,1-3H3/t17-/m1/s1. The second kappa shape index (κ2) is 6.48. The predicted molar refractivity (Wildman–Crippen MR) is 96.3 cm³/mol. The number of hydrogen-bond donors (Lipinski definition) is 1. The molecule has 0 spiro atoms. The Morgan fingerprint density at radius 2 is 1.79 bits per heavy atom. The molecule has 2 aromatic carbocycles. The van der Waals surface area contributed by atoms with Crippen molar-refractivity contribution in [1.29, 1.82) is 0 Å². The number of benzene rings is 2. The van der Waals surface area contributed by atoms with Crippen LogP contribution in [-0.4, -0.2) is 17.9 Å². The molecule has 4 nitrogen and oxygen atoms in total. The van der Waals surface area contributed by atoms with Crippen LogP contribution in [0.4, 0.5) is 11.4 Å². The molecule has 1 N–H and O–H groups in total. The molecular formula is C20H22N2O2. The number of nitrogens with zero attached hydrogens (tertiary/aromatic N) is 1. The summed E-state index contributed by atoms with van der Waals surface area (Å²) in [4.78, 5) is 26.5. The first-order chi connectivity index (χ1) is 11.5. The number of carbonyl (C=O) groups is 2. The van der Waals surface area contributed by atoms with E-state index in [1.807, 2.05) is 56.3 Å². The normalized spacial score (nSPS) is 17.5. The summed E-state index contributed by atoms with van der Waals surface area (Å²) in [5.41, 5.74) is 4.75. The van der Waals surface area contributed by atoms with Crippen LogP contribution in [0.1, 0.15) is 30.0 Å². The maximum Gasteiger partial charge on any atom is 0.256 e. The Labute approximate surface area is 142 Å². The van der Waals surface area contributed by atoms with Gasteiger partial charge in [-0.3, -0.25) is 9.59 Å². The Morgan fingerprint density at radius 1 is 1.08 bits per heavy atom. The van der Waals surface area contributed by atoms with E-state index in [0.29, 0.717) is 5.69 Å². The fraction of sp³-hybridized carbons (Fsp3) is 0.300. The van der Waals surface area contributed by atoms with Gasteiger partial charge in [0.15, 0.2) is 0 Å². The molecule has 1 atom stereocenters. The van der Waals surface area contributed by atoms with Crippen LogP contribution in [0.15, 0.2) is 42.5 Å². The molecule has 0 bridgehead atoms. The molecule has 0 unspecified atom stereocenters.